The molecule has 1 aliphatic heterocycles. The van der Waals surface area contributed by atoms with Crippen molar-refractivity contribution in [2.75, 3.05) is 45.5 Å². The Balaban J connectivity index is 1.59. The molecule has 1 aliphatic rings. The smallest absolute Gasteiger partial charge is 0.202 e. The molecule has 108 valence electrons. The Bertz CT molecular complexity index is 570. The van der Waals surface area contributed by atoms with Crippen LogP contribution in [0.25, 0.3) is 11.2 Å². The average Bonchev–Trinajstić information content (AvgIpc) is 2.77. The van der Waals surface area contributed by atoms with Crippen LogP contribution in [0.1, 0.15) is 6.42 Å². The molecule has 1 fully saturated rings. The lowest BCUT2D eigenvalue weighted by molar-refractivity contribution is 0.151. The Labute approximate surface area is 119 Å². The van der Waals surface area contributed by atoms with E-state index >= 15 is 0 Å². The summed E-state index contributed by atoms with van der Waals surface area (Å²) in [4.78, 5) is 13.6. The van der Waals surface area contributed by atoms with Crippen LogP contribution in [0, 0.1) is 0 Å². The Morgan fingerprint density at radius 1 is 1.20 bits per heavy atom. The van der Waals surface area contributed by atoms with Gasteiger partial charge >= 0.3 is 0 Å². The topological polar surface area (TPSA) is 63.2 Å². The number of likely N-dealkylation sites (N-methyl/N-ethyl adjacent to an activating group) is 1. The molecule has 0 aromatic carbocycles. The second kappa shape index (κ2) is 5.76. The molecular formula is C14H22N6. The van der Waals surface area contributed by atoms with Gasteiger partial charge in [0.05, 0.1) is 0 Å². The molecule has 3 heterocycles. The molecule has 0 spiro atoms. The summed E-state index contributed by atoms with van der Waals surface area (Å²) in [7, 11) is 2.18. The first-order chi connectivity index (χ1) is 9.74. The number of rotatable bonds is 4. The number of pyridine rings is 1. The fraction of sp³-hybridized carbons (Fsp3) is 0.571. The van der Waals surface area contributed by atoms with Crippen molar-refractivity contribution in [3.05, 3.63) is 18.3 Å². The second-order valence-electron chi connectivity index (χ2n) is 5.47. The molecule has 0 unspecified atom stereocenters. The maximum Gasteiger partial charge on any atom is 0.202 e. The summed E-state index contributed by atoms with van der Waals surface area (Å²) in [5.74, 6) is 0.567. The van der Waals surface area contributed by atoms with Crippen LogP contribution in [0.15, 0.2) is 18.3 Å². The Hall–Kier alpha value is -1.66. The highest BCUT2D eigenvalue weighted by Gasteiger charge is 2.14. The first-order valence-corrected chi connectivity index (χ1v) is 7.21. The normalized spacial score (nSPS) is 17.9. The van der Waals surface area contributed by atoms with E-state index in [0.29, 0.717) is 5.95 Å². The van der Waals surface area contributed by atoms with Crippen LogP contribution in [0.3, 0.4) is 0 Å². The van der Waals surface area contributed by atoms with Crippen molar-refractivity contribution in [3.63, 3.8) is 0 Å². The van der Waals surface area contributed by atoms with Crippen LogP contribution < -0.4 is 5.73 Å². The molecule has 6 heteroatoms. The van der Waals surface area contributed by atoms with Gasteiger partial charge in [-0.05, 0) is 32.1 Å². The van der Waals surface area contributed by atoms with E-state index in [0.717, 1.165) is 56.9 Å². The van der Waals surface area contributed by atoms with Gasteiger partial charge in [-0.15, -0.1) is 0 Å². The minimum absolute atomic E-state index is 0.567. The lowest BCUT2D eigenvalue weighted by Gasteiger charge is -2.32. The molecular weight excluding hydrogens is 252 g/mol. The summed E-state index contributed by atoms with van der Waals surface area (Å²) in [6.45, 7) is 6.64. The lowest BCUT2D eigenvalue weighted by atomic mass is 10.3. The predicted molar refractivity (Wildman–Crippen MR) is 80.5 cm³/mol. The van der Waals surface area contributed by atoms with Gasteiger partial charge in [0.25, 0.3) is 0 Å². The molecule has 0 aliphatic carbocycles. The SMILES string of the molecule is CN1CCN(CCCn2c(N)nc3cccnc32)CC1. The first-order valence-electron chi connectivity index (χ1n) is 7.21. The molecule has 0 amide bonds. The summed E-state index contributed by atoms with van der Waals surface area (Å²) in [6.07, 6.45) is 2.87. The molecule has 0 saturated carbocycles. The molecule has 0 radical (unpaired) electrons. The number of nitrogens with two attached hydrogens (primary N) is 1. The number of aryl methyl sites for hydroxylation is 1. The second-order valence-corrected chi connectivity index (χ2v) is 5.47. The maximum atomic E-state index is 5.98. The predicted octanol–water partition coefficient (Wildman–Crippen LogP) is 0.651. The fourth-order valence-corrected chi connectivity index (χ4v) is 2.72. The van der Waals surface area contributed by atoms with E-state index in [9.17, 15) is 0 Å². The van der Waals surface area contributed by atoms with Gasteiger partial charge in [0, 0.05) is 38.9 Å². The Morgan fingerprint density at radius 2 is 2.00 bits per heavy atom. The van der Waals surface area contributed by atoms with Crippen LogP contribution in [-0.4, -0.2) is 64.1 Å². The summed E-state index contributed by atoms with van der Waals surface area (Å²) in [5, 5.41) is 0. The van der Waals surface area contributed by atoms with Gasteiger partial charge in [-0.3, -0.25) is 4.57 Å². The van der Waals surface area contributed by atoms with E-state index in [-0.39, 0.29) is 0 Å². The Morgan fingerprint density at radius 3 is 2.80 bits per heavy atom. The largest absolute Gasteiger partial charge is 0.369 e. The third kappa shape index (κ3) is 2.76. The van der Waals surface area contributed by atoms with Crippen LogP contribution in [0.4, 0.5) is 5.95 Å². The zero-order valence-corrected chi connectivity index (χ0v) is 12.0. The van der Waals surface area contributed by atoms with Crippen LogP contribution >= 0.6 is 0 Å². The molecule has 1 saturated heterocycles. The monoisotopic (exact) mass is 274 g/mol. The maximum absolute atomic E-state index is 5.98. The van der Waals surface area contributed by atoms with Crippen molar-refractivity contribution in [1.29, 1.82) is 0 Å². The molecule has 2 aromatic heterocycles. The van der Waals surface area contributed by atoms with Gasteiger partial charge in [-0.1, -0.05) is 0 Å². The molecule has 2 N–H and O–H groups in total. The number of hydrogen-bond donors (Lipinski definition) is 1. The van der Waals surface area contributed by atoms with Crippen LogP contribution in [-0.2, 0) is 6.54 Å². The number of hydrogen-bond acceptors (Lipinski definition) is 5. The van der Waals surface area contributed by atoms with Crippen LogP contribution in [0.2, 0.25) is 0 Å². The third-order valence-electron chi connectivity index (χ3n) is 3.99. The van der Waals surface area contributed by atoms with Crippen LogP contribution in [0.5, 0.6) is 0 Å². The van der Waals surface area contributed by atoms with Crippen molar-refractivity contribution >= 4 is 17.1 Å². The minimum atomic E-state index is 0.567. The summed E-state index contributed by atoms with van der Waals surface area (Å²) >= 11 is 0. The third-order valence-corrected chi connectivity index (χ3v) is 3.99. The quantitative estimate of drug-likeness (QED) is 0.887. The molecule has 20 heavy (non-hydrogen) atoms. The van der Waals surface area contributed by atoms with E-state index < -0.39 is 0 Å². The van der Waals surface area contributed by atoms with Crippen molar-refractivity contribution in [2.24, 2.45) is 0 Å². The minimum Gasteiger partial charge on any atom is -0.369 e. The lowest BCUT2D eigenvalue weighted by Crippen LogP contribution is -2.44. The number of nitrogens with zero attached hydrogens (tertiary/aromatic N) is 5. The molecule has 0 bridgehead atoms. The number of imidazole rings is 1. The number of nitrogen functional groups attached to an aromatic ring is 1. The van der Waals surface area contributed by atoms with E-state index in [1.165, 1.54) is 0 Å². The number of aromatic nitrogens is 3. The number of anilines is 1. The first kappa shape index (κ1) is 13.3. The van der Waals surface area contributed by atoms with Crippen molar-refractivity contribution in [1.82, 2.24) is 24.3 Å². The van der Waals surface area contributed by atoms with Gasteiger partial charge in [0.2, 0.25) is 5.95 Å². The van der Waals surface area contributed by atoms with E-state index in [4.69, 9.17) is 5.73 Å². The highest BCUT2D eigenvalue weighted by molar-refractivity contribution is 5.73. The van der Waals surface area contributed by atoms with Gasteiger partial charge in [0.15, 0.2) is 5.65 Å². The van der Waals surface area contributed by atoms with Gasteiger partial charge in [-0.25, -0.2) is 9.97 Å². The highest BCUT2D eigenvalue weighted by atomic mass is 15.2. The zero-order chi connectivity index (χ0) is 13.9. The van der Waals surface area contributed by atoms with Crippen molar-refractivity contribution < 1.29 is 0 Å². The zero-order valence-electron chi connectivity index (χ0n) is 12.0. The number of piperazine rings is 1. The molecule has 6 nitrogen and oxygen atoms in total. The van der Waals surface area contributed by atoms with Gasteiger partial charge in [0.1, 0.15) is 5.52 Å². The van der Waals surface area contributed by atoms with Crippen molar-refractivity contribution in [2.45, 2.75) is 13.0 Å². The molecule has 2 aromatic rings. The highest BCUT2D eigenvalue weighted by Crippen LogP contribution is 2.15. The van der Waals surface area contributed by atoms with Crippen molar-refractivity contribution in [3.8, 4) is 0 Å². The fourth-order valence-electron chi connectivity index (χ4n) is 2.72. The summed E-state index contributed by atoms with van der Waals surface area (Å²) in [6, 6.07) is 3.85. The summed E-state index contributed by atoms with van der Waals surface area (Å²) in [5.41, 5.74) is 7.75. The van der Waals surface area contributed by atoms with Gasteiger partial charge < -0.3 is 15.5 Å². The number of fused-ring (bicyclic) bond motifs is 1. The Kier molecular flexibility index (Phi) is 3.84. The summed E-state index contributed by atoms with van der Waals surface area (Å²) < 4.78 is 2.02. The molecule has 0 atom stereocenters. The van der Waals surface area contributed by atoms with E-state index in [1.54, 1.807) is 6.20 Å². The molecule has 3 rings (SSSR count). The standard InChI is InChI=1S/C14H22N6/c1-18-8-10-19(11-9-18)6-3-7-20-13-12(17-14(20)15)4-2-5-16-13/h2,4-5H,3,6-11H2,1H3,(H2,15,17). The average molecular weight is 274 g/mol. The van der Waals surface area contributed by atoms with E-state index in [1.807, 2.05) is 16.7 Å². The van der Waals surface area contributed by atoms with E-state index in [2.05, 4.69) is 26.8 Å². The van der Waals surface area contributed by atoms with Gasteiger partial charge in [-0.2, -0.15) is 0 Å².